The molecule has 0 N–H and O–H groups in total. The zero-order chi connectivity index (χ0) is 14.6. The molecule has 0 fully saturated rings. The zero-order valence-electron chi connectivity index (χ0n) is 12.4. The molecule has 0 amide bonds. The van der Waals surface area contributed by atoms with Crippen molar-refractivity contribution in [2.75, 3.05) is 0 Å². The fourth-order valence-corrected chi connectivity index (χ4v) is 2.61. The number of nitrogens with zero attached hydrogens (tertiary/aromatic N) is 2. The van der Waals surface area contributed by atoms with Crippen molar-refractivity contribution in [1.82, 2.24) is 4.98 Å². The van der Waals surface area contributed by atoms with Crippen molar-refractivity contribution < 1.29 is 4.43 Å². The standard InChI is InChI=1S/C16H20N2OSi/c1-13(14-9-7-8-12-17-14)18-15-10-5-6-11-16(15)19-20(2,3)4/h5-12H,1-4H3. The molecule has 2 aromatic rings. The predicted octanol–water partition coefficient (Wildman–Crippen LogP) is 4.44. The Morgan fingerprint density at radius 2 is 1.75 bits per heavy atom. The van der Waals surface area contributed by atoms with Crippen LogP contribution in [0.15, 0.2) is 53.7 Å². The predicted molar refractivity (Wildman–Crippen MR) is 86.5 cm³/mol. The van der Waals surface area contributed by atoms with Crippen molar-refractivity contribution in [1.29, 1.82) is 0 Å². The second-order valence-corrected chi connectivity index (χ2v) is 10.0. The maximum atomic E-state index is 6.08. The Kier molecular flexibility index (Phi) is 4.34. The zero-order valence-corrected chi connectivity index (χ0v) is 13.4. The summed E-state index contributed by atoms with van der Waals surface area (Å²) in [7, 11) is -1.64. The van der Waals surface area contributed by atoms with Crippen molar-refractivity contribution in [3.63, 3.8) is 0 Å². The molecule has 0 spiro atoms. The summed E-state index contributed by atoms with van der Waals surface area (Å²) in [5, 5.41) is 0. The van der Waals surface area contributed by atoms with E-state index >= 15 is 0 Å². The van der Waals surface area contributed by atoms with Gasteiger partial charge in [0.25, 0.3) is 0 Å². The average Bonchev–Trinajstić information content (AvgIpc) is 2.40. The number of benzene rings is 1. The van der Waals surface area contributed by atoms with Gasteiger partial charge in [0.1, 0.15) is 11.4 Å². The molecule has 0 aliphatic carbocycles. The first-order valence-electron chi connectivity index (χ1n) is 6.70. The summed E-state index contributed by atoms with van der Waals surface area (Å²) in [4.78, 5) is 8.98. The molecule has 0 aliphatic rings. The first-order chi connectivity index (χ1) is 9.46. The highest BCUT2D eigenvalue weighted by atomic mass is 28.4. The van der Waals surface area contributed by atoms with Gasteiger partial charge in [-0.15, -0.1) is 0 Å². The van der Waals surface area contributed by atoms with E-state index in [4.69, 9.17) is 4.43 Å². The molecule has 0 saturated heterocycles. The van der Waals surface area contributed by atoms with E-state index in [-0.39, 0.29) is 0 Å². The van der Waals surface area contributed by atoms with Crippen LogP contribution in [-0.2, 0) is 0 Å². The van der Waals surface area contributed by atoms with Crippen LogP contribution in [0.2, 0.25) is 19.6 Å². The summed E-state index contributed by atoms with van der Waals surface area (Å²) in [6, 6.07) is 13.7. The highest BCUT2D eigenvalue weighted by Crippen LogP contribution is 2.29. The first kappa shape index (κ1) is 14.5. The molecule has 0 radical (unpaired) electrons. The van der Waals surface area contributed by atoms with E-state index in [1.165, 1.54) is 0 Å². The van der Waals surface area contributed by atoms with Crippen LogP contribution in [0.5, 0.6) is 5.75 Å². The van der Waals surface area contributed by atoms with Crippen molar-refractivity contribution in [3.05, 3.63) is 54.4 Å². The Morgan fingerprint density at radius 3 is 2.40 bits per heavy atom. The molecular weight excluding hydrogens is 264 g/mol. The van der Waals surface area contributed by atoms with Gasteiger partial charge in [-0.05, 0) is 50.8 Å². The minimum atomic E-state index is -1.64. The monoisotopic (exact) mass is 284 g/mol. The third-order valence-electron chi connectivity index (χ3n) is 2.61. The lowest BCUT2D eigenvalue weighted by Gasteiger charge is -2.20. The second-order valence-electron chi connectivity index (χ2n) is 5.59. The summed E-state index contributed by atoms with van der Waals surface area (Å²) >= 11 is 0. The molecule has 104 valence electrons. The molecule has 2 rings (SSSR count). The van der Waals surface area contributed by atoms with E-state index in [9.17, 15) is 0 Å². The average molecular weight is 284 g/mol. The van der Waals surface area contributed by atoms with Crippen LogP contribution < -0.4 is 4.43 Å². The molecular formula is C16H20N2OSi. The molecule has 3 nitrogen and oxygen atoms in total. The number of hydrogen-bond donors (Lipinski definition) is 0. The molecule has 0 unspecified atom stereocenters. The Hall–Kier alpha value is -1.94. The molecule has 1 heterocycles. The van der Waals surface area contributed by atoms with Crippen LogP contribution in [0.4, 0.5) is 5.69 Å². The highest BCUT2D eigenvalue weighted by Gasteiger charge is 2.18. The summed E-state index contributed by atoms with van der Waals surface area (Å²) in [5.74, 6) is 0.849. The SMILES string of the molecule is CC(=Nc1ccccc1O[Si](C)(C)C)c1ccccn1. The number of para-hydroxylation sites is 2. The van der Waals surface area contributed by atoms with Crippen molar-refractivity contribution in [2.24, 2.45) is 4.99 Å². The van der Waals surface area contributed by atoms with Gasteiger partial charge >= 0.3 is 0 Å². The van der Waals surface area contributed by atoms with E-state index in [0.717, 1.165) is 22.8 Å². The topological polar surface area (TPSA) is 34.5 Å². The summed E-state index contributed by atoms with van der Waals surface area (Å²) in [6.07, 6.45) is 1.78. The first-order valence-corrected chi connectivity index (χ1v) is 10.1. The Bertz CT molecular complexity index is 603. The molecule has 0 atom stereocenters. The number of aromatic nitrogens is 1. The van der Waals surface area contributed by atoms with E-state index < -0.39 is 8.32 Å². The van der Waals surface area contributed by atoms with E-state index in [1.54, 1.807) is 6.20 Å². The Morgan fingerprint density at radius 1 is 1.05 bits per heavy atom. The summed E-state index contributed by atoms with van der Waals surface area (Å²) < 4.78 is 6.08. The van der Waals surface area contributed by atoms with Gasteiger partial charge in [-0.1, -0.05) is 18.2 Å². The highest BCUT2D eigenvalue weighted by molar-refractivity contribution is 6.70. The van der Waals surface area contributed by atoms with Gasteiger partial charge in [-0.2, -0.15) is 0 Å². The number of hydrogen-bond acceptors (Lipinski definition) is 3. The Labute approximate surface area is 121 Å². The lowest BCUT2D eigenvalue weighted by molar-refractivity contribution is 0.559. The second kappa shape index (κ2) is 6.01. The van der Waals surface area contributed by atoms with E-state index in [0.29, 0.717) is 0 Å². The van der Waals surface area contributed by atoms with E-state index in [1.807, 2.05) is 49.4 Å². The quantitative estimate of drug-likeness (QED) is 0.614. The summed E-state index contributed by atoms with van der Waals surface area (Å²) in [5.41, 5.74) is 2.63. The van der Waals surface area contributed by atoms with Gasteiger partial charge in [0.2, 0.25) is 8.32 Å². The van der Waals surface area contributed by atoms with Crippen molar-refractivity contribution in [2.45, 2.75) is 26.6 Å². The minimum Gasteiger partial charge on any atom is -0.543 e. The third kappa shape index (κ3) is 4.03. The molecule has 20 heavy (non-hydrogen) atoms. The normalized spacial score (nSPS) is 12.3. The van der Waals surface area contributed by atoms with Gasteiger partial charge in [-0.25, -0.2) is 4.99 Å². The van der Waals surface area contributed by atoms with Gasteiger partial charge in [-0.3, -0.25) is 4.98 Å². The maximum absolute atomic E-state index is 6.08. The molecule has 1 aromatic carbocycles. The van der Waals surface area contributed by atoms with Crippen LogP contribution in [0.25, 0.3) is 0 Å². The maximum Gasteiger partial charge on any atom is 0.242 e. The van der Waals surface area contributed by atoms with Crippen LogP contribution in [0.1, 0.15) is 12.6 Å². The minimum absolute atomic E-state index is 0.849. The Balaban J connectivity index is 2.34. The van der Waals surface area contributed by atoms with Gasteiger partial charge < -0.3 is 4.43 Å². The largest absolute Gasteiger partial charge is 0.543 e. The lowest BCUT2D eigenvalue weighted by atomic mass is 10.2. The summed E-state index contributed by atoms with van der Waals surface area (Å²) in [6.45, 7) is 8.46. The molecule has 0 aliphatic heterocycles. The molecule has 0 bridgehead atoms. The van der Waals surface area contributed by atoms with Gasteiger partial charge in [0, 0.05) is 6.20 Å². The van der Waals surface area contributed by atoms with Crippen LogP contribution >= 0.6 is 0 Å². The molecule has 1 aromatic heterocycles. The van der Waals surface area contributed by atoms with E-state index in [2.05, 4.69) is 29.6 Å². The molecule has 0 saturated carbocycles. The smallest absolute Gasteiger partial charge is 0.242 e. The molecule has 4 heteroatoms. The van der Waals surface area contributed by atoms with Crippen LogP contribution in [0.3, 0.4) is 0 Å². The number of rotatable bonds is 4. The number of aliphatic imine (C=N–C) groups is 1. The van der Waals surface area contributed by atoms with Crippen LogP contribution in [-0.4, -0.2) is 19.0 Å². The lowest BCUT2D eigenvalue weighted by Crippen LogP contribution is -2.29. The van der Waals surface area contributed by atoms with Crippen molar-refractivity contribution in [3.8, 4) is 5.75 Å². The van der Waals surface area contributed by atoms with Gasteiger partial charge in [0.15, 0.2) is 0 Å². The number of pyridine rings is 1. The third-order valence-corrected chi connectivity index (χ3v) is 3.44. The van der Waals surface area contributed by atoms with Crippen LogP contribution in [0, 0.1) is 0 Å². The fourth-order valence-electron chi connectivity index (χ4n) is 1.78. The van der Waals surface area contributed by atoms with Crippen molar-refractivity contribution >= 4 is 19.7 Å². The fraction of sp³-hybridized carbons (Fsp3) is 0.250. The van der Waals surface area contributed by atoms with Gasteiger partial charge in [0.05, 0.1) is 11.4 Å².